The fourth-order valence-corrected chi connectivity index (χ4v) is 0.718. The molecular weight excluding hydrogens is 142 g/mol. The molecule has 0 spiro atoms. The third kappa shape index (κ3) is 3.66. The van der Waals surface area contributed by atoms with Crippen LogP contribution in [0.5, 0.6) is 0 Å². The molecule has 0 fully saturated rings. The van der Waals surface area contributed by atoms with Crippen molar-refractivity contribution in [3.63, 3.8) is 0 Å². The maximum atomic E-state index is 5.62. The minimum Gasteiger partial charge on any atom is -0.118 e. The van der Waals surface area contributed by atoms with Crippen LogP contribution < -0.4 is 0 Å². The molecule has 0 bridgehead atoms. The van der Waals surface area contributed by atoms with E-state index >= 15 is 0 Å². The third-order valence-electron chi connectivity index (χ3n) is 1.79. The molecule has 0 aromatic carbocycles. The van der Waals surface area contributed by atoms with Crippen LogP contribution in [0, 0.1) is 0 Å². The summed E-state index contributed by atoms with van der Waals surface area (Å²) >= 11 is 0. The van der Waals surface area contributed by atoms with Crippen molar-refractivity contribution in [2.24, 2.45) is 0 Å². The molecule has 0 heterocycles. The first-order valence-electron chi connectivity index (χ1n) is 3.98. The van der Waals surface area contributed by atoms with Crippen LogP contribution in [0.15, 0.2) is 34.8 Å². The first kappa shape index (κ1) is 11.3. The summed E-state index contributed by atoms with van der Waals surface area (Å²) in [6, 6.07) is 0. The lowest BCUT2D eigenvalue weighted by molar-refractivity contribution is 1.32. The second-order valence-electron chi connectivity index (χ2n) is 3.02. The topological polar surface area (TPSA) is 0 Å². The molecule has 12 heavy (non-hydrogen) atoms. The average Bonchev–Trinajstić information content (AvgIpc) is 1.98. The number of hydrogen-bond donors (Lipinski definition) is 0. The van der Waals surface area contributed by atoms with Gasteiger partial charge in [0.15, 0.2) is 0 Å². The van der Waals surface area contributed by atoms with Gasteiger partial charge in [-0.05, 0) is 19.4 Å². The average molecular weight is 156 g/mol. The molecule has 0 N–H and O–H groups in total. The van der Waals surface area contributed by atoms with E-state index in [-0.39, 0.29) is 0 Å². The second-order valence-corrected chi connectivity index (χ2v) is 3.02. The van der Waals surface area contributed by atoms with E-state index in [4.69, 9.17) is 15.7 Å². The highest BCUT2D eigenvalue weighted by molar-refractivity contribution is 6.23. The smallest absolute Gasteiger partial charge is 0.107 e. The summed E-state index contributed by atoms with van der Waals surface area (Å²) in [5.41, 5.74) is 3.93. The van der Waals surface area contributed by atoms with Crippen LogP contribution in [0.1, 0.15) is 20.8 Å². The van der Waals surface area contributed by atoms with Crippen molar-refractivity contribution in [2.75, 3.05) is 0 Å². The summed E-state index contributed by atoms with van der Waals surface area (Å²) in [5.74, 6) is 0. The molecule has 0 aliphatic carbocycles. The quantitative estimate of drug-likeness (QED) is 0.434. The molecule has 0 saturated carbocycles. The Bertz CT molecular complexity index is 230. The van der Waals surface area contributed by atoms with E-state index in [2.05, 4.69) is 6.58 Å². The molecule has 0 unspecified atom stereocenters. The molecule has 0 nitrogen and oxygen atoms in total. The summed E-state index contributed by atoms with van der Waals surface area (Å²) in [6.07, 6.45) is 2.46. The molecule has 4 radical (unpaired) electrons. The first-order valence-corrected chi connectivity index (χ1v) is 3.98. The SMILES string of the molecule is [B]CC(/C=C(/C)C(=C)C)=C(\[B])C. The van der Waals surface area contributed by atoms with Crippen LogP contribution in [-0.4, -0.2) is 15.7 Å². The zero-order valence-electron chi connectivity index (χ0n) is 8.15. The Balaban J connectivity index is 4.72. The Morgan fingerprint density at radius 1 is 1.33 bits per heavy atom. The van der Waals surface area contributed by atoms with E-state index in [0.29, 0.717) is 6.32 Å². The molecule has 2 heteroatoms. The highest BCUT2D eigenvalue weighted by atomic mass is 14.0. The fraction of sp³-hybridized carbons (Fsp3) is 0.400. The van der Waals surface area contributed by atoms with Crippen molar-refractivity contribution >= 4 is 15.7 Å². The molecule has 0 aromatic rings. The third-order valence-corrected chi connectivity index (χ3v) is 1.79. The normalized spacial score (nSPS) is 14.1. The van der Waals surface area contributed by atoms with Crippen molar-refractivity contribution in [1.29, 1.82) is 0 Å². The highest BCUT2D eigenvalue weighted by Crippen LogP contribution is 2.13. The summed E-state index contributed by atoms with van der Waals surface area (Å²) in [6.45, 7) is 9.65. The van der Waals surface area contributed by atoms with Gasteiger partial charge in [-0.1, -0.05) is 37.0 Å². The maximum absolute atomic E-state index is 5.62. The van der Waals surface area contributed by atoms with Crippen molar-refractivity contribution in [1.82, 2.24) is 0 Å². The summed E-state index contributed by atoms with van der Waals surface area (Å²) in [4.78, 5) is 0. The summed E-state index contributed by atoms with van der Waals surface area (Å²) in [5, 5.41) is 0. The summed E-state index contributed by atoms with van der Waals surface area (Å²) < 4.78 is 0. The van der Waals surface area contributed by atoms with Crippen LogP contribution in [0.25, 0.3) is 0 Å². The Labute approximate surface area is 78.3 Å². The number of allylic oxidation sites excluding steroid dienone is 5. The fourth-order valence-electron chi connectivity index (χ4n) is 0.718. The van der Waals surface area contributed by atoms with E-state index in [1.807, 2.05) is 26.8 Å². The van der Waals surface area contributed by atoms with E-state index < -0.39 is 0 Å². The van der Waals surface area contributed by atoms with Gasteiger partial charge in [0.25, 0.3) is 0 Å². The van der Waals surface area contributed by atoms with Gasteiger partial charge in [-0.2, -0.15) is 0 Å². The van der Waals surface area contributed by atoms with Gasteiger partial charge < -0.3 is 0 Å². The molecule has 0 saturated heterocycles. The Morgan fingerprint density at radius 2 is 1.83 bits per heavy atom. The minimum atomic E-state index is 0.479. The molecule has 0 aliphatic rings. The molecule has 0 amide bonds. The van der Waals surface area contributed by atoms with Crippen LogP contribution in [0.2, 0.25) is 6.32 Å². The van der Waals surface area contributed by atoms with Crippen LogP contribution in [0.3, 0.4) is 0 Å². The van der Waals surface area contributed by atoms with Gasteiger partial charge >= 0.3 is 0 Å². The zero-order valence-corrected chi connectivity index (χ0v) is 8.15. The van der Waals surface area contributed by atoms with Crippen molar-refractivity contribution in [2.45, 2.75) is 27.1 Å². The van der Waals surface area contributed by atoms with Crippen LogP contribution in [-0.2, 0) is 0 Å². The molecule has 0 atom stereocenters. The zero-order chi connectivity index (χ0) is 9.72. The molecule has 0 aliphatic heterocycles. The maximum Gasteiger partial charge on any atom is 0.107 e. The number of rotatable bonds is 3. The van der Waals surface area contributed by atoms with Gasteiger partial charge in [-0.15, -0.1) is 5.47 Å². The highest BCUT2D eigenvalue weighted by Gasteiger charge is 1.94. The van der Waals surface area contributed by atoms with Gasteiger partial charge in [0, 0.05) is 0 Å². The van der Waals surface area contributed by atoms with Gasteiger partial charge in [-0.3, -0.25) is 0 Å². The Morgan fingerprint density at radius 3 is 2.08 bits per heavy atom. The largest absolute Gasteiger partial charge is 0.118 e. The predicted molar refractivity (Wildman–Crippen MR) is 57.6 cm³/mol. The van der Waals surface area contributed by atoms with E-state index in [1.54, 1.807) is 0 Å². The van der Waals surface area contributed by atoms with E-state index in [9.17, 15) is 0 Å². The lowest BCUT2D eigenvalue weighted by atomic mass is 9.84. The monoisotopic (exact) mass is 156 g/mol. The predicted octanol–water partition coefficient (Wildman–Crippen LogP) is 2.54. The first-order chi connectivity index (χ1) is 5.49. The van der Waals surface area contributed by atoms with Crippen LogP contribution >= 0.6 is 0 Å². The van der Waals surface area contributed by atoms with Gasteiger partial charge in [0.1, 0.15) is 7.85 Å². The van der Waals surface area contributed by atoms with E-state index in [0.717, 1.165) is 22.2 Å². The minimum absolute atomic E-state index is 0.479. The molecule has 0 rings (SSSR count). The van der Waals surface area contributed by atoms with Gasteiger partial charge in [0.05, 0.1) is 7.85 Å². The lowest BCUT2D eigenvalue weighted by Crippen LogP contribution is -1.87. The van der Waals surface area contributed by atoms with Crippen molar-refractivity contribution in [3.8, 4) is 0 Å². The van der Waals surface area contributed by atoms with Crippen molar-refractivity contribution < 1.29 is 0 Å². The van der Waals surface area contributed by atoms with Crippen molar-refractivity contribution in [3.05, 3.63) is 34.8 Å². The lowest BCUT2D eigenvalue weighted by Gasteiger charge is -2.04. The van der Waals surface area contributed by atoms with Crippen LogP contribution in [0.4, 0.5) is 0 Å². The number of hydrogen-bond acceptors (Lipinski definition) is 0. The molecule has 60 valence electrons. The Hall–Kier alpha value is -0.650. The second kappa shape index (κ2) is 5.08. The Kier molecular flexibility index (Phi) is 4.80. The molecular formula is C10H14B2. The standard InChI is InChI=1S/C10H14B2/c1-7(2)8(3)5-10(6-11)9(4)12/h5H,1,6H2,2-4H3/b8-5-,10-9-. The van der Waals surface area contributed by atoms with Gasteiger partial charge in [-0.25, -0.2) is 0 Å². The van der Waals surface area contributed by atoms with Gasteiger partial charge in [0.2, 0.25) is 0 Å². The molecule has 0 aromatic heterocycles. The summed E-state index contributed by atoms with van der Waals surface area (Å²) in [7, 11) is 11.1. The van der Waals surface area contributed by atoms with E-state index in [1.165, 1.54) is 0 Å².